The molecule has 2 rings (SSSR count). The van der Waals surface area contributed by atoms with Crippen LogP contribution < -0.4 is 0 Å². The number of rotatable bonds is 2. The summed E-state index contributed by atoms with van der Waals surface area (Å²) in [6, 6.07) is 0. The third-order valence-corrected chi connectivity index (χ3v) is 3.55. The summed E-state index contributed by atoms with van der Waals surface area (Å²) in [5.74, 6) is -2.70. The summed E-state index contributed by atoms with van der Waals surface area (Å²) in [5, 5.41) is 47.2. The van der Waals surface area contributed by atoms with Gasteiger partial charge in [-0.05, 0) is 6.42 Å². The number of hydrogen-bond donors (Lipinski definition) is 5. The quantitative estimate of drug-likeness (QED) is 0.364. The van der Waals surface area contributed by atoms with Gasteiger partial charge in [0.25, 0.3) is 0 Å². The zero-order chi connectivity index (χ0) is 12.6. The summed E-state index contributed by atoms with van der Waals surface area (Å²) in [7, 11) is 0. The molecule has 2 heterocycles. The number of hydrogen-bond acceptors (Lipinski definition) is 7. The van der Waals surface area contributed by atoms with Crippen LogP contribution in [-0.4, -0.2) is 69.6 Å². The lowest BCUT2D eigenvalue weighted by Gasteiger charge is -2.48. The van der Waals surface area contributed by atoms with Crippen molar-refractivity contribution in [3.8, 4) is 0 Å². The molecule has 17 heavy (non-hydrogen) atoms. The van der Waals surface area contributed by atoms with E-state index in [1.807, 2.05) is 0 Å². The van der Waals surface area contributed by atoms with Crippen molar-refractivity contribution >= 4 is 0 Å². The molecule has 2 aliphatic rings. The van der Waals surface area contributed by atoms with Crippen molar-refractivity contribution in [2.45, 2.75) is 30.7 Å². The molecule has 6 atom stereocenters. The van der Waals surface area contributed by atoms with Gasteiger partial charge >= 0.3 is 0 Å². The summed E-state index contributed by atoms with van der Waals surface area (Å²) in [5.41, 5.74) is 0. The van der Waals surface area contributed by atoms with E-state index < -0.39 is 36.8 Å². The molecular formula is C10H18O7. The number of fused-ring (bicyclic) bond motifs is 1. The van der Waals surface area contributed by atoms with Gasteiger partial charge in [-0.15, -0.1) is 0 Å². The van der Waals surface area contributed by atoms with Gasteiger partial charge in [-0.3, -0.25) is 0 Å². The summed E-state index contributed by atoms with van der Waals surface area (Å²) < 4.78 is 10.2. The maximum Gasteiger partial charge on any atom is 0.218 e. The standard InChI is InChI=1S/C10H18O7/c11-2-5-1-6-3-16-10(15,4-12)8(13)7(6)17-9(5)14/h5-9,11-15H,1-4H2/t5-,6+,7-,8+,9+,10-/m1/s1. The van der Waals surface area contributed by atoms with Gasteiger partial charge in [0, 0.05) is 11.8 Å². The minimum absolute atomic E-state index is 0.0992. The van der Waals surface area contributed by atoms with E-state index in [0.717, 1.165) is 0 Å². The lowest BCUT2D eigenvalue weighted by molar-refractivity contribution is -0.359. The average molecular weight is 250 g/mol. The Balaban J connectivity index is 2.11. The van der Waals surface area contributed by atoms with Crippen LogP contribution in [0.1, 0.15) is 6.42 Å². The third-order valence-electron chi connectivity index (χ3n) is 3.55. The Morgan fingerprint density at radius 3 is 2.53 bits per heavy atom. The maximum atomic E-state index is 9.87. The highest BCUT2D eigenvalue weighted by Crippen LogP contribution is 2.37. The number of aliphatic hydroxyl groups excluding tert-OH is 4. The van der Waals surface area contributed by atoms with Crippen molar-refractivity contribution in [2.24, 2.45) is 11.8 Å². The van der Waals surface area contributed by atoms with Crippen LogP contribution in [0, 0.1) is 11.8 Å². The van der Waals surface area contributed by atoms with Crippen LogP contribution in [0.15, 0.2) is 0 Å². The van der Waals surface area contributed by atoms with E-state index in [-0.39, 0.29) is 19.1 Å². The highest BCUT2D eigenvalue weighted by atomic mass is 16.7. The third kappa shape index (κ3) is 2.19. The second-order valence-electron chi connectivity index (χ2n) is 4.69. The van der Waals surface area contributed by atoms with Gasteiger partial charge in [-0.1, -0.05) is 0 Å². The average Bonchev–Trinajstić information content (AvgIpc) is 2.34. The van der Waals surface area contributed by atoms with Crippen LogP contribution in [0.25, 0.3) is 0 Å². The molecule has 0 amide bonds. The van der Waals surface area contributed by atoms with Crippen LogP contribution in [0.3, 0.4) is 0 Å². The lowest BCUT2D eigenvalue weighted by atomic mass is 9.81. The highest BCUT2D eigenvalue weighted by molar-refractivity contribution is 4.95. The summed E-state index contributed by atoms with van der Waals surface area (Å²) in [6.07, 6.45) is -2.99. The molecule has 0 bridgehead atoms. The molecule has 0 saturated carbocycles. The van der Waals surface area contributed by atoms with Gasteiger partial charge in [0.2, 0.25) is 5.79 Å². The molecule has 0 radical (unpaired) electrons. The molecule has 7 heteroatoms. The molecular weight excluding hydrogens is 232 g/mol. The number of aliphatic hydroxyl groups is 5. The monoisotopic (exact) mass is 250 g/mol. The van der Waals surface area contributed by atoms with Crippen molar-refractivity contribution in [2.75, 3.05) is 19.8 Å². The molecule has 0 spiro atoms. The van der Waals surface area contributed by atoms with Crippen LogP contribution in [-0.2, 0) is 9.47 Å². The van der Waals surface area contributed by atoms with Crippen LogP contribution in [0.4, 0.5) is 0 Å². The van der Waals surface area contributed by atoms with E-state index in [1.165, 1.54) is 0 Å². The SMILES string of the molecule is OC[C@H]1C[C@H]2CO[C@](O)(CO)[C@@H](O)[C@@H]2O[C@@H]1O. The zero-order valence-electron chi connectivity index (χ0n) is 9.27. The van der Waals surface area contributed by atoms with Gasteiger partial charge in [0.1, 0.15) is 6.10 Å². The van der Waals surface area contributed by atoms with E-state index in [1.54, 1.807) is 0 Å². The molecule has 0 aromatic carbocycles. The Labute approximate surface area is 98.2 Å². The normalized spacial score (nSPS) is 51.0. The first-order chi connectivity index (χ1) is 8.01. The second kappa shape index (κ2) is 4.77. The van der Waals surface area contributed by atoms with Gasteiger partial charge in [-0.2, -0.15) is 0 Å². The Morgan fingerprint density at radius 2 is 1.94 bits per heavy atom. The van der Waals surface area contributed by atoms with E-state index in [4.69, 9.17) is 19.7 Å². The largest absolute Gasteiger partial charge is 0.396 e. The first-order valence-corrected chi connectivity index (χ1v) is 5.61. The predicted octanol–water partition coefficient (Wildman–Crippen LogP) is -2.61. The number of ether oxygens (including phenoxy) is 2. The summed E-state index contributed by atoms with van der Waals surface area (Å²) in [4.78, 5) is 0. The minimum atomic E-state index is -2.05. The first kappa shape index (κ1) is 13.2. The lowest BCUT2D eigenvalue weighted by Crippen LogP contribution is -2.64. The fraction of sp³-hybridized carbons (Fsp3) is 1.00. The Hall–Kier alpha value is -0.280. The van der Waals surface area contributed by atoms with Gasteiger partial charge in [0.05, 0.1) is 25.9 Å². The first-order valence-electron chi connectivity index (χ1n) is 5.61. The topological polar surface area (TPSA) is 120 Å². The Bertz CT molecular complexity index is 273. The summed E-state index contributed by atoms with van der Waals surface area (Å²) >= 11 is 0. The zero-order valence-corrected chi connectivity index (χ0v) is 9.27. The predicted molar refractivity (Wildman–Crippen MR) is 53.6 cm³/mol. The molecule has 0 aliphatic carbocycles. The van der Waals surface area contributed by atoms with Gasteiger partial charge < -0.3 is 35.0 Å². The molecule has 0 aromatic rings. The molecule has 7 nitrogen and oxygen atoms in total. The second-order valence-corrected chi connectivity index (χ2v) is 4.69. The van der Waals surface area contributed by atoms with E-state index in [2.05, 4.69) is 0 Å². The van der Waals surface area contributed by atoms with Crippen molar-refractivity contribution in [1.29, 1.82) is 0 Å². The molecule has 100 valence electrons. The van der Waals surface area contributed by atoms with Gasteiger partial charge in [0.15, 0.2) is 6.29 Å². The molecule has 2 fully saturated rings. The fourth-order valence-corrected chi connectivity index (χ4v) is 2.42. The van der Waals surface area contributed by atoms with Crippen molar-refractivity contribution in [3.63, 3.8) is 0 Å². The van der Waals surface area contributed by atoms with Crippen molar-refractivity contribution in [3.05, 3.63) is 0 Å². The Morgan fingerprint density at radius 1 is 1.24 bits per heavy atom. The van der Waals surface area contributed by atoms with Crippen LogP contribution in [0.2, 0.25) is 0 Å². The van der Waals surface area contributed by atoms with E-state index in [9.17, 15) is 15.3 Å². The highest BCUT2D eigenvalue weighted by Gasteiger charge is 2.53. The van der Waals surface area contributed by atoms with Gasteiger partial charge in [-0.25, -0.2) is 0 Å². The van der Waals surface area contributed by atoms with Crippen molar-refractivity contribution in [1.82, 2.24) is 0 Å². The molecule has 0 aromatic heterocycles. The Kier molecular flexibility index (Phi) is 3.69. The summed E-state index contributed by atoms with van der Waals surface area (Å²) in [6.45, 7) is -0.868. The molecule has 2 aliphatic heterocycles. The molecule has 2 saturated heterocycles. The minimum Gasteiger partial charge on any atom is -0.396 e. The van der Waals surface area contributed by atoms with E-state index in [0.29, 0.717) is 6.42 Å². The van der Waals surface area contributed by atoms with E-state index >= 15 is 0 Å². The van der Waals surface area contributed by atoms with Crippen LogP contribution in [0.5, 0.6) is 0 Å². The van der Waals surface area contributed by atoms with Crippen LogP contribution >= 0.6 is 0 Å². The smallest absolute Gasteiger partial charge is 0.218 e. The van der Waals surface area contributed by atoms with Crippen molar-refractivity contribution < 1.29 is 35.0 Å². The molecule has 0 unspecified atom stereocenters. The molecule has 5 N–H and O–H groups in total. The maximum absolute atomic E-state index is 9.87. The fourth-order valence-electron chi connectivity index (χ4n) is 2.42.